The van der Waals surface area contributed by atoms with Gasteiger partial charge in [-0.3, -0.25) is 4.79 Å². The molecule has 0 fully saturated rings. The van der Waals surface area contributed by atoms with E-state index in [9.17, 15) is 9.90 Å². The van der Waals surface area contributed by atoms with Crippen molar-refractivity contribution in [2.24, 2.45) is 5.73 Å². The van der Waals surface area contributed by atoms with Gasteiger partial charge in [-0.25, -0.2) is 0 Å². The van der Waals surface area contributed by atoms with Gasteiger partial charge >= 0.3 is 0 Å². The first-order valence-electron chi connectivity index (χ1n) is 5.09. The van der Waals surface area contributed by atoms with Gasteiger partial charge < -0.3 is 20.3 Å². The predicted octanol–water partition coefficient (Wildman–Crippen LogP) is 0.695. The number of benzene rings is 1. The van der Waals surface area contributed by atoms with Crippen LogP contribution in [0.5, 0.6) is 17.2 Å². The van der Waals surface area contributed by atoms with E-state index in [0.29, 0.717) is 19.0 Å². The van der Waals surface area contributed by atoms with Gasteiger partial charge in [0, 0.05) is 6.42 Å². The molecule has 0 radical (unpaired) electrons. The van der Waals surface area contributed by atoms with Crippen LogP contribution in [0.15, 0.2) is 12.1 Å². The standard InChI is InChI=1S/C11H13NO4/c12-4-3-8(13)7-1-2-9-11(10(7)14)16-6-5-15-9/h1-2,14H,3-6,12H2. The molecular weight excluding hydrogens is 210 g/mol. The molecule has 0 amide bonds. The summed E-state index contributed by atoms with van der Waals surface area (Å²) in [5.41, 5.74) is 5.53. The van der Waals surface area contributed by atoms with Crippen molar-refractivity contribution in [1.82, 2.24) is 0 Å². The largest absolute Gasteiger partial charge is 0.504 e. The zero-order chi connectivity index (χ0) is 11.5. The number of fused-ring (bicyclic) bond motifs is 1. The number of ether oxygens (including phenoxy) is 2. The van der Waals surface area contributed by atoms with Crippen LogP contribution in [0.4, 0.5) is 0 Å². The number of hydrogen-bond donors (Lipinski definition) is 2. The molecule has 0 saturated heterocycles. The second-order valence-electron chi connectivity index (χ2n) is 3.45. The van der Waals surface area contributed by atoms with Crippen LogP contribution in [0.3, 0.4) is 0 Å². The van der Waals surface area contributed by atoms with Gasteiger partial charge in [0.15, 0.2) is 17.3 Å². The van der Waals surface area contributed by atoms with Crippen molar-refractivity contribution in [2.45, 2.75) is 6.42 Å². The average molecular weight is 223 g/mol. The lowest BCUT2D eigenvalue weighted by Crippen LogP contribution is -2.16. The SMILES string of the molecule is NCCC(=O)c1ccc2c(c1O)OCCO2. The monoisotopic (exact) mass is 223 g/mol. The molecule has 1 aliphatic heterocycles. The Morgan fingerprint density at radius 2 is 2.12 bits per heavy atom. The number of Topliss-reactive ketones (excluding diaryl/α,β-unsaturated/α-hetero) is 1. The summed E-state index contributed by atoms with van der Waals surface area (Å²) in [6.07, 6.45) is 0.202. The third kappa shape index (κ3) is 1.81. The van der Waals surface area contributed by atoms with Crippen LogP contribution in [0.1, 0.15) is 16.8 Å². The van der Waals surface area contributed by atoms with Crippen molar-refractivity contribution in [1.29, 1.82) is 0 Å². The fourth-order valence-electron chi connectivity index (χ4n) is 1.59. The number of carbonyl (C=O) groups is 1. The van der Waals surface area contributed by atoms with E-state index >= 15 is 0 Å². The Bertz CT molecular complexity index is 417. The summed E-state index contributed by atoms with van der Waals surface area (Å²) in [5, 5.41) is 9.87. The number of hydrogen-bond acceptors (Lipinski definition) is 5. The van der Waals surface area contributed by atoms with Crippen molar-refractivity contribution >= 4 is 5.78 Å². The number of rotatable bonds is 3. The highest BCUT2D eigenvalue weighted by Crippen LogP contribution is 2.41. The maximum Gasteiger partial charge on any atom is 0.204 e. The second kappa shape index (κ2) is 4.40. The first-order chi connectivity index (χ1) is 7.74. The summed E-state index contributed by atoms with van der Waals surface area (Å²) in [7, 11) is 0. The van der Waals surface area contributed by atoms with Gasteiger partial charge in [0.05, 0.1) is 5.56 Å². The van der Waals surface area contributed by atoms with Crippen LogP contribution in [0.25, 0.3) is 0 Å². The first-order valence-corrected chi connectivity index (χ1v) is 5.09. The van der Waals surface area contributed by atoms with E-state index in [2.05, 4.69) is 0 Å². The maximum absolute atomic E-state index is 11.6. The molecular formula is C11H13NO4. The highest BCUT2D eigenvalue weighted by molar-refractivity contribution is 5.99. The van der Waals surface area contributed by atoms with Gasteiger partial charge in [-0.2, -0.15) is 0 Å². The minimum absolute atomic E-state index is 0.157. The van der Waals surface area contributed by atoms with Gasteiger partial charge in [-0.05, 0) is 18.7 Å². The van der Waals surface area contributed by atoms with Gasteiger partial charge in [0.2, 0.25) is 5.75 Å². The van der Waals surface area contributed by atoms with Gasteiger partial charge in [-0.15, -0.1) is 0 Å². The van der Waals surface area contributed by atoms with Crippen LogP contribution < -0.4 is 15.2 Å². The molecule has 1 aliphatic rings. The molecule has 0 aliphatic carbocycles. The zero-order valence-electron chi connectivity index (χ0n) is 8.73. The molecule has 0 unspecified atom stereocenters. The Kier molecular flexibility index (Phi) is 2.96. The number of aromatic hydroxyl groups is 1. The van der Waals surface area contributed by atoms with Gasteiger partial charge in [-0.1, -0.05) is 0 Å². The summed E-state index contributed by atoms with van der Waals surface area (Å²) < 4.78 is 10.5. The molecule has 1 heterocycles. The normalized spacial score (nSPS) is 13.6. The molecule has 5 heteroatoms. The third-order valence-electron chi connectivity index (χ3n) is 2.35. The van der Waals surface area contributed by atoms with Crippen molar-refractivity contribution in [3.63, 3.8) is 0 Å². The fourth-order valence-corrected chi connectivity index (χ4v) is 1.59. The lowest BCUT2D eigenvalue weighted by Gasteiger charge is -2.20. The van der Waals surface area contributed by atoms with E-state index in [1.807, 2.05) is 0 Å². The maximum atomic E-state index is 11.6. The van der Waals surface area contributed by atoms with E-state index < -0.39 is 0 Å². The zero-order valence-corrected chi connectivity index (χ0v) is 8.73. The molecule has 0 bridgehead atoms. The predicted molar refractivity (Wildman–Crippen MR) is 57.1 cm³/mol. The third-order valence-corrected chi connectivity index (χ3v) is 2.35. The van der Waals surface area contributed by atoms with Crippen LogP contribution in [-0.2, 0) is 0 Å². The topological polar surface area (TPSA) is 81.8 Å². The Morgan fingerprint density at radius 3 is 2.88 bits per heavy atom. The van der Waals surface area contributed by atoms with E-state index in [-0.39, 0.29) is 35.8 Å². The van der Waals surface area contributed by atoms with Crippen molar-refractivity contribution < 1.29 is 19.4 Å². The Labute approximate surface area is 92.8 Å². The van der Waals surface area contributed by atoms with Gasteiger partial charge in [0.25, 0.3) is 0 Å². The summed E-state index contributed by atoms with van der Waals surface area (Å²) in [5.74, 6) is 0.356. The number of phenolic OH excluding ortho intramolecular Hbond substituents is 1. The molecule has 1 aromatic rings. The highest BCUT2D eigenvalue weighted by atomic mass is 16.6. The van der Waals surface area contributed by atoms with Crippen molar-refractivity contribution in [3.05, 3.63) is 17.7 Å². The summed E-state index contributed by atoms with van der Waals surface area (Å²) >= 11 is 0. The second-order valence-corrected chi connectivity index (χ2v) is 3.45. The molecule has 5 nitrogen and oxygen atoms in total. The summed E-state index contributed by atoms with van der Waals surface area (Å²) in [6.45, 7) is 1.07. The minimum atomic E-state index is -0.197. The molecule has 16 heavy (non-hydrogen) atoms. The Balaban J connectivity index is 2.37. The minimum Gasteiger partial charge on any atom is -0.504 e. The molecule has 0 atom stereocenters. The highest BCUT2D eigenvalue weighted by Gasteiger charge is 2.21. The number of ketones is 1. The van der Waals surface area contributed by atoms with E-state index in [0.717, 1.165) is 0 Å². The molecule has 0 aromatic heterocycles. The first kappa shape index (κ1) is 10.8. The fraction of sp³-hybridized carbons (Fsp3) is 0.364. The summed E-state index contributed by atoms with van der Waals surface area (Å²) in [6, 6.07) is 3.15. The molecule has 86 valence electrons. The van der Waals surface area contributed by atoms with E-state index in [4.69, 9.17) is 15.2 Å². The van der Waals surface area contributed by atoms with Crippen LogP contribution in [0.2, 0.25) is 0 Å². The van der Waals surface area contributed by atoms with Crippen molar-refractivity contribution in [3.8, 4) is 17.2 Å². The van der Waals surface area contributed by atoms with Gasteiger partial charge in [0.1, 0.15) is 13.2 Å². The molecule has 0 saturated carbocycles. The number of nitrogens with two attached hydrogens (primary N) is 1. The Hall–Kier alpha value is -1.75. The summed E-state index contributed by atoms with van der Waals surface area (Å²) in [4.78, 5) is 11.6. The quantitative estimate of drug-likeness (QED) is 0.737. The number of carbonyl (C=O) groups excluding carboxylic acids is 1. The van der Waals surface area contributed by atoms with Crippen LogP contribution >= 0.6 is 0 Å². The van der Waals surface area contributed by atoms with Crippen LogP contribution in [0, 0.1) is 0 Å². The number of phenols is 1. The molecule has 2 rings (SSSR count). The molecule has 1 aromatic carbocycles. The lowest BCUT2D eigenvalue weighted by atomic mass is 10.1. The van der Waals surface area contributed by atoms with E-state index in [1.54, 1.807) is 6.07 Å². The lowest BCUT2D eigenvalue weighted by molar-refractivity contribution is 0.0980. The van der Waals surface area contributed by atoms with Crippen LogP contribution in [-0.4, -0.2) is 30.6 Å². The van der Waals surface area contributed by atoms with Crippen molar-refractivity contribution in [2.75, 3.05) is 19.8 Å². The molecule has 0 spiro atoms. The average Bonchev–Trinajstić information content (AvgIpc) is 2.30. The Morgan fingerprint density at radius 1 is 1.38 bits per heavy atom. The molecule has 3 N–H and O–H groups in total. The van der Waals surface area contributed by atoms with E-state index in [1.165, 1.54) is 6.07 Å². The smallest absolute Gasteiger partial charge is 0.204 e.